The van der Waals surface area contributed by atoms with Gasteiger partial charge in [0.15, 0.2) is 0 Å². The molecule has 0 saturated heterocycles. The van der Waals surface area contributed by atoms with Crippen LogP contribution in [0.2, 0.25) is 0 Å². The summed E-state index contributed by atoms with van der Waals surface area (Å²) in [6, 6.07) is 2.86. The number of nitro benzene ring substituents is 1. The molecule has 0 saturated carbocycles. The summed E-state index contributed by atoms with van der Waals surface area (Å²) >= 11 is 0. The van der Waals surface area contributed by atoms with Crippen molar-refractivity contribution < 1.29 is 23.2 Å². The van der Waals surface area contributed by atoms with Gasteiger partial charge in [-0.2, -0.15) is 0 Å². The van der Waals surface area contributed by atoms with E-state index in [0.717, 1.165) is 0 Å². The Kier molecular flexibility index (Phi) is 5.02. The van der Waals surface area contributed by atoms with E-state index in [4.69, 9.17) is 5.11 Å². The maximum Gasteiger partial charge on any atom is 0.307 e. The number of hydrogen-bond donors (Lipinski definition) is 2. The highest BCUT2D eigenvalue weighted by Gasteiger charge is 2.28. The molecule has 0 aliphatic carbocycles. The van der Waals surface area contributed by atoms with Crippen LogP contribution in [0.4, 0.5) is 5.69 Å². The van der Waals surface area contributed by atoms with Crippen LogP contribution < -0.4 is 4.72 Å². The van der Waals surface area contributed by atoms with Crippen molar-refractivity contribution in [1.82, 2.24) is 4.72 Å². The highest BCUT2D eigenvalue weighted by molar-refractivity contribution is 7.89. The second-order valence-electron chi connectivity index (χ2n) is 4.69. The zero-order chi connectivity index (χ0) is 16.4. The van der Waals surface area contributed by atoms with E-state index >= 15 is 0 Å². The maximum absolute atomic E-state index is 12.2. The number of benzene rings is 1. The van der Waals surface area contributed by atoms with Crippen molar-refractivity contribution in [1.29, 1.82) is 0 Å². The summed E-state index contributed by atoms with van der Waals surface area (Å²) in [6.45, 7) is 4.12. The summed E-state index contributed by atoms with van der Waals surface area (Å²) in [5.74, 6) is -2.07. The lowest BCUT2D eigenvalue weighted by Crippen LogP contribution is -2.40. The molecule has 0 fully saturated rings. The first-order valence-corrected chi connectivity index (χ1v) is 7.55. The van der Waals surface area contributed by atoms with Crippen LogP contribution in [0.3, 0.4) is 0 Å². The fourth-order valence-electron chi connectivity index (χ4n) is 1.72. The van der Waals surface area contributed by atoms with Gasteiger partial charge in [-0.15, -0.1) is 0 Å². The first-order chi connectivity index (χ1) is 9.58. The minimum Gasteiger partial charge on any atom is -0.481 e. The molecule has 116 valence electrons. The molecule has 0 heterocycles. The van der Waals surface area contributed by atoms with Gasteiger partial charge in [-0.25, -0.2) is 13.1 Å². The fourth-order valence-corrected chi connectivity index (χ4v) is 3.30. The Hall–Kier alpha value is -2.00. The van der Waals surface area contributed by atoms with Gasteiger partial charge in [0.25, 0.3) is 5.69 Å². The predicted octanol–water partition coefficient (Wildman–Crippen LogP) is 1.29. The lowest BCUT2D eigenvalue weighted by Gasteiger charge is -2.18. The average Bonchev–Trinajstić information content (AvgIpc) is 2.36. The van der Waals surface area contributed by atoms with Gasteiger partial charge in [-0.1, -0.05) is 13.0 Å². The number of sulfonamides is 1. The Labute approximate surface area is 122 Å². The topological polar surface area (TPSA) is 127 Å². The molecule has 1 aromatic carbocycles. The molecule has 21 heavy (non-hydrogen) atoms. The SMILES string of the molecule is Cc1c([N+](=O)[O-])cccc1S(=O)(=O)NC(C)C(C)C(=O)O. The molecule has 2 N–H and O–H groups in total. The van der Waals surface area contributed by atoms with Crippen molar-refractivity contribution in [3.63, 3.8) is 0 Å². The van der Waals surface area contributed by atoms with E-state index in [0.29, 0.717) is 0 Å². The van der Waals surface area contributed by atoms with E-state index in [2.05, 4.69) is 4.72 Å². The van der Waals surface area contributed by atoms with Crippen LogP contribution in [0.15, 0.2) is 23.1 Å². The molecule has 0 radical (unpaired) electrons. The molecule has 0 amide bonds. The fraction of sp³-hybridized carbons (Fsp3) is 0.417. The van der Waals surface area contributed by atoms with E-state index in [-0.39, 0.29) is 16.1 Å². The molecule has 0 bridgehead atoms. The molecule has 0 spiro atoms. The van der Waals surface area contributed by atoms with Crippen LogP contribution in [0.5, 0.6) is 0 Å². The third kappa shape index (κ3) is 3.76. The second-order valence-corrected chi connectivity index (χ2v) is 6.38. The first-order valence-electron chi connectivity index (χ1n) is 6.07. The highest BCUT2D eigenvalue weighted by atomic mass is 32.2. The van der Waals surface area contributed by atoms with Gasteiger partial charge in [-0.3, -0.25) is 14.9 Å². The molecule has 8 nitrogen and oxygen atoms in total. The van der Waals surface area contributed by atoms with Crippen LogP contribution in [0, 0.1) is 23.0 Å². The Bertz CT molecular complexity index is 670. The molecular weight excluding hydrogens is 300 g/mol. The summed E-state index contributed by atoms with van der Waals surface area (Å²) in [5.41, 5.74) is -0.304. The Morgan fingerprint density at radius 1 is 1.38 bits per heavy atom. The van der Waals surface area contributed by atoms with Crippen LogP contribution in [0.1, 0.15) is 19.4 Å². The van der Waals surface area contributed by atoms with E-state index in [1.165, 1.54) is 39.0 Å². The minimum atomic E-state index is -4.04. The van der Waals surface area contributed by atoms with Gasteiger partial charge >= 0.3 is 5.97 Å². The summed E-state index contributed by atoms with van der Waals surface area (Å²) < 4.78 is 26.7. The molecule has 1 aromatic rings. The standard InChI is InChI=1S/C12H16N2O6S/c1-7(12(15)16)9(3)13-21(19,20)11-6-4-5-10(8(11)2)14(17)18/h4-7,9,13H,1-3H3,(H,15,16). The molecule has 9 heteroatoms. The Morgan fingerprint density at radius 2 is 1.95 bits per heavy atom. The highest BCUT2D eigenvalue weighted by Crippen LogP contribution is 2.25. The molecule has 2 unspecified atom stereocenters. The number of hydrogen-bond acceptors (Lipinski definition) is 5. The number of rotatable bonds is 6. The van der Waals surface area contributed by atoms with Crippen LogP contribution in [-0.4, -0.2) is 30.5 Å². The molecule has 0 aromatic heterocycles. The van der Waals surface area contributed by atoms with E-state index in [1.54, 1.807) is 0 Å². The molecular formula is C12H16N2O6S. The average molecular weight is 316 g/mol. The van der Waals surface area contributed by atoms with Crippen molar-refractivity contribution in [3.8, 4) is 0 Å². The normalized spacial score (nSPS) is 14.4. The van der Waals surface area contributed by atoms with Crippen molar-refractivity contribution in [3.05, 3.63) is 33.9 Å². The van der Waals surface area contributed by atoms with Gasteiger partial charge in [0.1, 0.15) is 0 Å². The number of carbonyl (C=O) groups is 1. The van der Waals surface area contributed by atoms with Crippen LogP contribution in [0.25, 0.3) is 0 Å². The van der Waals surface area contributed by atoms with Gasteiger partial charge in [0, 0.05) is 17.7 Å². The monoisotopic (exact) mass is 316 g/mol. The lowest BCUT2D eigenvalue weighted by molar-refractivity contribution is -0.385. The Balaban J connectivity index is 3.18. The van der Waals surface area contributed by atoms with Gasteiger partial charge in [-0.05, 0) is 19.9 Å². The number of aliphatic carboxylic acids is 1. The van der Waals surface area contributed by atoms with E-state index in [9.17, 15) is 23.3 Å². The predicted molar refractivity (Wildman–Crippen MR) is 74.4 cm³/mol. The zero-order valence-electron chi connectivity index (χ0n) is 11.7. The van der Waals surface area contributed by atoms with Gasteiger partial charge in [0.05, 0.1) is 15.7 Å². The summed E-state index contributed by atoms with van der Waals surface area (Å²) in [7, 11) is -4.04. The maximum atomic E-state index is 12.2. The third-order valence-corrected chi connectivity index (χ3v) is 4.93. The summed E-state index contributed by atoms with van der Waals surface area (Å²) in [4.78, 5) is 20.8. The molecule has 1 rings (SSSR count). The number of nitrogens with zero attached hydrogens (tertiary/aromatic N) is 1. The minimum absolute atomic E-state index is 0.00479. The van der Waals surface area contributed by atoms with Crippen molar-refractivity contribution >= 4 is 21.7 Å². The van der Waals surface area contributed by atoms with Crippen LogP contribution >= 0.6 is 0 Å². The smallest absolute Gasteiger partial charge is 0.307 e. The molecule has 0 aliphatic heterocycles. The largest absolute Gasteiger partial charge is 0.481 e. The van der Waals surface area contributed by atoms with E-state index in [1.807, 2.05) is 0 Å². The van der Waals surface area contributed by atoms with Crippen molar-refractivity contribution in [2.45, 2.75) is 31.7 Å². The number of carboxylic acid groups (broad SMARTS) is 1. The molecule has 0 aliphatic rings. The van der Waals surface area contributed by atoms with Crippen molar-refractivity contribution in [2.24, 2.45) is 5.92 Å². The second kappa shape index (κ2) is 6.19. The van der Waals surface area contributed by atoms with Gasteiger partial charge in [0.2, 0.25) is 10.0 Å². The zero-order valence-corrected chi connectivity index (χ0v) is 12.5. The molecule has 2 atom stereocenters. The lowest BCUT2D eigenvalue weighted by atomic mass is 10.1. The quantitative estimate of drug-likeness (QED) is 0.601. The van der Waals surface area contributed by atoms with Crippen molar-refractivity contribution in [2.75, 3.05) is 0 Å². The number of nitrogens with one attached hydrogen (secondary N) is 1. The number of carboxylic acids is 1. The number of nitro groups is 1. The van der Waals surface area contributed by atoms with Gasteiger partial charge < -0.3 is 5.11 Å². The van der Waals surface area contributed by atoms with Crippen LogP contribution in [-0.2, 0) is 14.8 Å². The Morgan fingerprint density at radius 3 is 2.43 bits per heavy atom. The summed E-state index contributed by atoms with van der Waals surface area (Å²) in [5, 5.41) is 19.7. The third-order valence-electron chi connectivity index (χ3n) is 3.22. The van der Waals surface area contributed by atoms with E-state index < -0.39 is 32.9 Å². The first kappa shape index (κ1) is 17.1. The summed E-state index contributed by atoms with van der Waals surface area (Å²) in [6.07, 6.45) is 0.